The zero-order valence-electron chi connectivity index (χ0n) is 21.7. The van der Waals surface area contributed by atoms with Gasteiger partial charge in [-0.2, -0.15) is 13.2 Å². The third-order valence-corrected chi connectivity index (χ3v) is 5.49. The predicted octanol–water partition coefficient (Wildman–Crippen LogP) is 4.94. The number of halogens is 4. The molecule has 210 valence electrons. The fraction of sp³-hybridized carbons (Fsp3) is 0.370. The molecule has 2 amide bonds. The lowest BCUT2D eigenvalue weighted by Crippen LogP contribution is -2.45. The van der Waals surface area contributed by atoms with Gasteiger partial charge in [0.25, 0.3) is 0 Å². The van der Waals surface area contributed by atoms with Gasteiger partial charge in [0.15, 0.2) is 5.82 Å². The van der Waals surface area contributed by atoms with Crippen molar-refractivity contribution in [1.29, 1.82) is 0 Å². The minimum atomic E-state index is -5.44. The molecular weight excluding hydrogens is 524 g/mol. The first-order chi connectivity index (χ1) is 18.2. The monoisotopic (exact) mass is 552 g/mol. The van der Waals surface area contributed by atoms with Crippen LogP contribution in [0.5, 0.6) is 5.75 Å². The topological polar surface area (TPSA) is 94.2 Å². The number of carbonyl (C=O) groups is 3. The van der Waals surface area contributed by atoms with E-state index >= 15 is 4.39 Å². The van der Waals surface area contributed by atoms with Gasteiger partial charge in [-0.05, 0) is 49.9 Å². The number of nitrogens with one attached hydrogen (secondary N) is 1. The van der Waals surface area contributed by atoms with Crippen molar-refractivity contribution in [2.45, 2.75) is 51.6 Å². The molecule has 0 saturated heterocycles. The summed E-state index contributed by atoms with van der Waals surface area (Å²) in [6.07, 6.45) is -3.34. The second kappa shape index (κ2) is 11.7. The molecule has 12 heteroatoms. The Morgan fingerprint density at radius 1 is 1.10 bits per heavy atom. The summed E-state index contributed by atoms with van der Waals surface area (Å²) in [6, 6.07) is 9.07. The molecule has 1 aliphatic carbocycles. The third kappa shape index (κ3) is 7.71. The summed E-state index contributed by atoms with van der Waals surface area (Å²) in [4.78, 5) is 36.5. The second-order valence-corrected chi connectivity index (χ2v) is 9.66. The number of rotatable bonds is 7. The number of hydrogen-bond donors (Lipinski definition) is 1. The Morgan fingerprint density at radius 3 is 2.36 bits per heavy atom. The summed E-state index contributed by atoms with van der Waals surface area (Å²) in [7, 11) is 0.923. The number of ether oxygens (including phenoxy) is 3. The van der Waals surface area contributed by atoms with E-state index in [9.17, 15) is 27.6 Å². The van der Waals surface area contributed by atoms with Gasteiger partial charge >= 0.3 is 24.1 Å². The maximum Gasteiger partial charge on any atom is 0.471 e. The van der Waals surface area contributed by atoms with Crippen LogP contribution >= 0.6 is 0 Å². The summed E-state index contributed by atoms with van der Waals surface area (Å²) in [5.74, 6) is -5.29. The molecule has 2 aromatic rings. The van der Waals surface area contributed by atoms with Gasteiger partial charge in [0, 0.05) is 0 Å². The van der Waals surface area contributed by atoms with Crippen molar-refractivity contribution in [3.8, 4) is 5.75 Å². The lowest BCUT2D eigenvalue weighted by Gasteiger charge is -2.29. The first-order valence-corrected chi connectivity index (χ1v) is 11.8. The fourth-order valence-corrected chi connectivity index (χ4v) is 3.79. The van der Waals surface area contributed by atoms with Crippen LogP contribution in [0.1, 0.15) is 37.5 Å². The number of anilines is 1. The number of carbonyl (C=O) groups excluding carboxylic acids is 3. The average Bonchev–Trinajstić information content (AvgIpc) is 2.85. The Balaban J connectivity index is 2.07. The van der Waals surface area contributed by atoms with Crippen LogP contribution < -0.4 is 15.0 Å². The van der Waals surface area contributed by atoms with E-state index in [1.54, 1.807) is 57.2 Å². The number of hydrogen-bond acceptors (Lipinski definition) is 6. The van der Waals surface area contributed by atoms with E-state index < -0.39 is 53.8 Å². The Kier molecular flexibility index (Phi) is 8.88. The Labute approximate surface area is 222 Å². The van der Waals surface area contributed by atoms with E-state index in [1.807, 2.05) is 0 Å². The van der Waals surface area contributed by atoms with E-state index in [0.29, 0.717) is 5.56 Å². The van der Waals surface area contributed by atoms with Crippen molar-refractivity contribution in [2.75, 3.05) is 18.6 Å². The number of alkyl halides is 3. The number of fused-ring (bicyclic) bond motifs is 1. The number of amides is 2. The van der Waals surface area contributed by atoms with Crippen LogP contribution in [0.2, 0.25) is 0 Å². The lowest BCUT2D eigenvalue weighted by atomic mass is 9.92. The number of alkyl carbamates (subject to hydrolysis) is 1. The fourth-order valence-electron chi connectivity index (χ4n) is 3.79. The number of esters is 1. The largest absolute Gasteiger partial charge is 0.487 e. The molecule has 0 aliphatic heterocycles. The van der Waals surface area contributed by atoms with E-state index in [0.717, 1.165) is 7.11 Å². The Bertz CT molecular complexity index is 1260. The van der Waals surface area contributed by atoms with Crippen molar-refractivity contribution in [1.82, 2.24) is 5.32 Å². The van der Waals surface area contributed by atoms with Gasteiger partial charge in [-0.1, -0.05) is 42.5 Å². The van der Waals surface area contributed by atoms with Gasteiger partial charge < -0.3 is 19.5 Å². The van der Waals surface area contributed by atoms with Crippen LogP contribution in [-0.2, 0) is 32.1 Å². The Hall–Kier alpha value is -4.09. The lowest BCUT2D eigenvalue weighted by molar-refractivity contribution is -0.171. The van der Waals surface area contributed by atoms with Crippen molar-refractivity contribution >= 4 is 29.7 Å². The first-order valence-electron chi connectivity index (χ1n) is 11.8. The molecule has 0 saturated carbocycles. The molecule has 3 rings (SSSR count). The van der Waals surface area contributed by atoms with Crippen molar-refractivity contribution in [3.05, 3.63) is 65.0 Å². The summed E-state index contributed by atoms with van der Waals surface area (Å²) < 4.78 is 72.1. The molecule has 0 unspecified atom stereocenters. The zero-order chi connectivity index (χ0) is 29.0. The quantitative estimate of drug-likeness (QED) is 0.387. The van der Waals surface area contributed by atoms with Crippen LogP contribution in [-0.4, -0.2) is 49.4 Å². The van der Waals surface area contributed by atoms with Gasteiger partial charge in [0.1, 0.15) is 30.2 Å². The van der Waals surface area contributed by atoms with E-state index in [-0.39, 0.29) is 34.8 Å². The summed E-state index contributed by atoms with van der Waals surface area (Å²) in [5, 5.41) is 2.56. The highest BCUT2D eigenvalue weighted by Gasteiger charge is 2.46. The predicted molar refractivity (Wildman–Crippen MR) is 133 cm³/mol. The Morgan fingerprint density at radius 2 is 1.77 bits per heavy atom. The SMILES string of the molecule is COC(=O)CN(C(=O)C(F)(F)F)c1c(OCc2ccccc2)cc2c(c1F)C[C@H](NC(=O)OC(C)(C)C)C=C2. The molecule has 0 spiro atoms. The molecule has 0 bridgehead atoms. The molecule has 1 aliphatic rings. The van der Waals surface area contributed by atoms with E-state index in [1.165, 1.54) is 12.1 Å². The van der Waals surface area contributed by atoms with Crippen LogP contribution in [0.15, 0.2) is 42.5 Å². The molecule has 2 aromatic carbocycles. The minimum absolute atomic E-state index is 0.0452. The van der Waals surface area contributed by atoms with Crippen LogP contribution in [0.3, 0.4) is 0 Å². The summed E-state index contributed by atoms with van der Waals surface area (Å²) in [6.45, 7) is 3.60. The highest BCUT2D eigenvalue weighted by Crippen LogP contribution is 2.40. The molecule has 1 N–H and O–H groups in total. The molecule has 0 radical (unpaired) electrons. The summed E-state index contributed by atoms with van der Waals surface area (Å²) >= 11 is 0. The highest BCUT2D eigenvalue weighted by atomic mass is 19.4. The van der Waals surface area contributed by atoms with Crippen LogP contribution in [0.4, 0.5) is 28.0 Å². The van der Waals surface area contributed by atoms with E-state index in [2.05, 4.69) is 10.1 Å². The number of nitrogens with zero attached hydrogens (tertiary/aromatic N) is 1. The van der Waals surface area contributed by atoms with Gasteiger partial charge in [0.2, 0.25) is 0 Å². The van der Waals surface area contributed by atoms with E-state index in [4.69, 9.17) is 9.47 Å². The number of benzene rings is 2. The maximum atomic E-state index is 16.1. The normalized spacial score (nSPS) is 14.7. The molecule has 0 heterocycles. The maximum absolute atomic E-state index is 16.1. The standard InChI is InChI=1S/C27H28F4N2O6/c1-26(2,3)39-25(36)32-18-11-10-17-12-20(38-15-16-8-6-5-7-9-16)23(22(28)19(17)13-18)33(14-21(34)37-4)24(35)27(29,30)31/h5-12,18H,13-15H2,1-4H3,(H,32,36)/t18-/m1/s1. The second-order valence-electron chi connectivity index (χ2n) is 9.66. The van der Waals surface area contributed by atoms with Crippen LogP contribution in [0.25, 0.3) is 6.08 Å². The van der Waals surface area contributed by atoms with Crippen molar-refractivity contribution in [3.63, 3.8) is 0 Å². The van der Waals surface area contributed by atoms with Gasteiger partial charge in [-0.3, -0.25) is 14.5 Å². The van der Waals surface area contributed by atoms with Gasteiger partial charge in [-0.25, -0.2) is 9.18 Å². The number of methoxy groups -OCH3 is 1. The van der Waals surface area contributed by atoms with Crippen molar-refractivity contribution < 1.29 is 46.2 Å². The molecule has 39 heavy (non-hydrogen) atoms. The smallest absolute Gasteiger partial charge is 0.471 e. The third-order valence-electron chi connectivity index (χ3n) is 5.49. The van der Waals surface area contributed by atoms with Crippen molar-refractivity contribution in [2.24, 2.45) is 0 Å². The van der Waals surface area contributed by atoms with Gasteiger partial charge in [-0.15, -0.1) is 0 Å². The highest BCUT2D eigenvalue weighted by molar-refractivity contribution is 6.02. The molecular formula is C27H28F4N2O6. The average molecular weight is 553 g/mol. The molecule has 1 atom stereocenters. The molecule has 0 fully saturated rings. The first kappa shape index (κ1) is 29.5. The van der Waals surface area contributed by atoms with Gasteiger partial charge in [0.05, 0.1) is 13.2 Å². The molecule has 8 nitrogen and oxygen atoms in total. The van der Waals surface area contributed by atoms with Crippen LogP contribution in [0, 0.1) is 5.82 Å². The minimum Gasteiger partial charge on any atom is -0.487 e. The zero-order valence-corrected chi connectivity index (χ0v) is 21.7. The summed E-state index contributed by atoms with van der Waals surface area (Å²) in [5.41, 5.74) is -0.871. The molecule has 0 aromatic heterocycles.